The van der Waals surface area contributed by atoms with Crippen LogP contribution in [-0.2, 0) is 17.9 Å². The molecule has 2 aromatic carbocycles. The third kappa shape index (κ3) is 4.47. The Bertz CT molecular complexity index is 1370. The van der Waals surface area contributed by atoms with Crippen LogP contribution in [0, 0.1) is 5.82 Å². The van der Waals surface area contributed by atoms with Gasteiger partial charge in [-0.15, -0.1) is 23.1 Å². The van der Waals surface area contributed by atoms with E-state index in [9.17, 15) is 18.8 Å². The zero-order valence-electron chi connectivity index (χ0n) is 16.5. The molecule has 0 aliphatic rings. The number of carbonyl (C=O) groups excluding carboxylic acids is 1. The number of halogens is 1. The summed E-state index contributed by atoms with van der Waals surface area (Å²) >= 11 is 2.77. The van der Waals surface area contributed by atoms with Crippen LogP contribution in [0.1, 0.15) is 5.56 Å². The number of hydrogen-bond acceptors (Lipinski definition) is 5. The molecule has 0 unspecified atom stereocenters. The Morgan fingerprint density at radius 1 is 1.10 bits per heavy atom. The minimum atomic E-state index is -0.590. The first-order chi connectivity index (χ1) is 15.0. The van der Waals surface area contributed by atoms with Gasteiger partial charge in [-0.25, -0.2) is 9.18 Å². The quantitative estimate of drug-likeness (QED) is 0.449. The highest BCUT2D eigenvalue weighted by Gasteiger charge is 2.17. The Morgan fingerprint density at radius 2 is 1.87 bits per heavy atom. The van der Waals surface area contributed by atoms with Gasteiger partial charge in [0.2, 0.25) is 5.91 Å². The summed E-state index contributed by atoms with van der Waals surface area (Å²) in [7, 11) is 0. The van der Waals surface area contributed by atoms with Crippen molar-refractivity contribution in [2.24, 2.45) is 0 Å². The van der Waals surface area contributed by atoms with Gasteiger partial charge in [0, 0.05) is 10.6 Å². The second-order valence-corrected chi connectivity index (χ2v) is 8.60. The van der Waals surface area contributed by atoms with Crippen molar-refractivity contribution in [3.63, 3.8) is 0 Å². The van der Waals surface area contributed by atoms with Gasteiger partial charge in [-0.05, 0) is 53.6 Å². The first-order valence-corrected chi connectivity index (χ1v) is 11.5. The van der Waals surface area contributed by atoms with E-state index in [4.69, 9.17) is 0 Å². The number of rotatable bonds is 6. The molecule has 4 aromatic rings. The van der Waals surface area contributed by atoms with E-state index in [0.717, 1.165) is 9.46 Å². The standard InChI is InChI=1S/C22H18FN3O3S2/c1-30-17-4-2-3-16(11-17)24-19(27)13-25-18-9-10-31-20(18)21(28)26(22(25)29)12-14-5-7-15(23)8-6-14/h2-11H,12-13H2,1H3,(H,24,27). The van der Waals surface area contributed by atoms with Crippen LogP contribution in [0.15, 0.2) is 74.5 Å². The number of amides is 1. The fourth-order valence-corrected chi connectivity index (χ4v) is 4.55. The Balaban J connectivity index is 1.69. The number of nitrogens with one attached hydrogen (secondary N) is 1. The maximum Gasteiger partial charge on any atom is 0.332 e. The summed E-state index contributed by atoms with van der Waals surface area (Å²) in [5.41, 5.74) is 0.646. The van der Waals surface area contributed by atoms with Crippen molar-refractivity contribution < 1.29 is 9.18 Å². The molecule has 0 radical (unpaired) electrons. The van der Waals surface area contributed by atoms with Crippen molar-refractivity contribution >= 4 is 44.9 Å². The second kappa shape index (κ2) is 8.91. The van der Waals surface area contributed by atoms with Crippen LogP contribution in [0.2, 0.25) is 0 Å². The molecule has 0 spiro atoms. The van der Waals surface area contributed by atoms with Crippen molar-refractivity contribution in [1.82, 2.24) is 9.13 Å². The Morgan fingerprint density at radius 3 is 2.61 bits per heavy atom. The monoisotopic (exact) mass is 455 g/mol. The third-order valence-corrected chi connectivity index (χ3v) is 6.36. The minimum Gasteiger partial charge on any atom is -0.324 e. The summed E-state index contributed by atoms with van der Waals surface area (Å²) in [6, 6.07) is 14.7. The van der Waals surface area contributed by atoms with Crippen molar-refractivity contribution in [1.29, 1.82) is 0 Å². The molecule has 9 heteroatoms. The number of nitrogens with zero attached hydrogens (tertiary/aromatic N) is 2. The Hall–Kier alpha value is -3.17. The molecule has 0 atom stereocenters. The molecule has 31 heavy (non-hydrogen) atoms. The number of thiophene rings is 1. The molecule has 0 aliphatic carbocycles. The predicted octanol–water partition coefficient (Wildman–Crippen LogP) is 3.77. The van der Waals surface area contributed by atoms with E-state index in [2.05, 4.69) is 5.32 Å². The van der Waals surface area contributed by atoms with Crippen molar-refractivity contribution in [3.8, 4) is 0 Å². The SMILES string of the molecule is CSc1cccc(NC(=O)Cn2c(=O)n(Cc3ccc(F)cc3)c(=O)c3sccc32)c1. The largest absolute Gasteiger partial charge is 0.332 e. The molecule has 1 amide bonds. The number of thioether (sulfide) groups is 1. The summed E-state index contributed by atoms with van der Waals surface area (Å²) in [4.78, 5) is 39.7. The average molecular weight is 456 g/mol. The predicted molar refractivity (Wildman–Crippen MR) is 123 cm³/mol. The molecule has 0 bridgehead atoms. The van der Waals surface area contributed by atoms with Crippen molar-refractivity contribution in [2.45, 2.75) is 18.0 Å². The number of anilines is 1. The molecule has 1 N–H and O–H groups in total. The number of aromatic nitrogens is 2. The molecule has 4 rings (SSSR count). The van der Waals surface area contributed by atoms with Crippen molar-refractivity contribution in [3.05, 3.63) is 92.2 Å². The van der Waals surface area contributed by atoms with E-state index < -0.39 is 17.1 Å². The van der Waals surface area contributed by atoms with Crippen LogP contribution in [0.3, 0.4) is 0 Å². The summed E-state index contributed by atoms with van der Waals surface area (Å²) < 4.78 is 16.0. The summed E-state index contributed by atoms with van der Waals surface area (Å²) in [6.45, 7) is -0.248. The van der Waals surface area contributed by atoms with Crippen molar-refractivity contribution in [2.75, 3.05) is 11.6 Å². The van der Waals surface area contributed by atoms with Gasteiger partial charge in [-0.1, -0.05) is 18.2 Å². The van der Waals surface area contributed by atoms with Gasteiger partial charge in [0.15, 0.2) is 0 Å². The summed E-state index contributed by atoms with van der Waals surface area (Å²) in [6.07, 6.45) is 1.94. The lowest BCUT2D eigenvalue weighted by atomic mass is 10.2. The maximum atomic E-state index is 13.2. The van der Waals surface area contributed by atoms with E-state index in [0.29, 0.717) is 21.5 Å². The molecule has 0 fully saturated rings. The van der Waals surface area contributed by atoms with E-state index in [1.54, 1.807) is 29.3 Å². The smallest absolute Gasteiger partial charge is 0.324 e. The molecular weight excluding hydrogens is 437 g/mol. The van der Waals surface area contributed by atoms with E-state index in [1.165, 1.54) is 40.2 Å². The highest BCUT2D eigenvalue weighted by molar-refractivity contribution is 7.98. The Labute approximate surface area is 185 Å². The lowest BCUT2D eigenvalue weighted by Gasteiger charge is -2.13. The van der Waals surface area contributed by atoms with Gasteiger partial charge >= 0.3 is 5.69 Å². The van der Waals surface area contributed by atoms with Crippen LogP contribution >= 0.6 is 23.1 Å². The van der Waals surface area contributed by atoms with Crippen LogP contribution in [0.4, 0.5) is 10.1 Å². The highest BCUT2D eigenvalue weighted by Crippen LogP contribution is 2.19. The molecular formula is C22H18FN3O3S2. The average Bonchev–Trinajstić information content (AvgIpc) is 3.26. The van der Waals surface area contributed by atoms with Gasteiger partial charge < -0.3 is 5.32 Å². The van der Waals surface area contributed by atoms with E-state index >= 15 is 0 Å². The van der Waals surface area contributed by atoms with Crippen LogP contribution < -0.4 is 16.6 Å². The molecule has 0 saturated carbocycles. The van der Waals surface area contributed by atoms with Crippen LogP contribution in [-0.4, -0.2) is 21.3 Å². The first-order valence-electron chi connectivity index (χ1n) is 9.35. The number of hydrogen-bond donors (Lipinski definition) is 1. The zero-order chi connectivity index (χ0) is 22.0. The molecule has 0 saturated heterocycles. The van der Waals surface area contributed by atoms with Gasteiger partial charge in [0.1, 0.15) is 17.1 Å². The molecule has 2 aromatic heterocycles. The minimum absolute atomic E-state index is 0.0107. The fourth-order valence-electron chi connectivity index (χ4n) is 3.24. The van der Waals surface area contributed by atoms with E-state index in [1.807, 2.05) is 24.5 Å². The maximum absolute atomic E-state index is 13.2. The fraction of sp³-hybridized carbons (Fsp3) is 0.136. The van der Waals surface area contributed by atoms with Crippen LogP contribution in [0.25, 0.3) is 10.2 Å². The topological polar surface area (TPSA) is 73.1 Å². The Kier molecular flexibility index (Phi) is 6.06. The second-order valence-electron chi connectivity index (χ2n) is 6.80. The number of carbonyl (C=O) groups is 1. The van der Waals surface area contributed by atoms with Gasteiger partial charge in [0.25, 0.3) is 5.56 Å². The van der Waals surface area contributed by atoms with Gasteiger partial charge in [-0.3, -0.25) is 18.7 Å². The third-order valence-electron chi connectivity index (χ3n) is 4.75. The molecule has 2 heterocycles. The normalized spacial score (nSPS) is 11.0. The lowest BCUT2D eigenvalue weighted by molar-refractivity contribution is -0.116. The van der Waals surface area contributed by atoms with Crippen LogP contribution in [0.5, 0.6) is 0 Å². The van der Waals surface area contributed by atoms with Gasteiger partial charge in [0.05, 0.1) is 12.1 Å². The zero-order valence-corrected chi connectivity index (χ0v) is 18.1. The summed E-state index contributed by atoms with van der Waals surface area (Å²) in [5, 5.41) is 4.51. The first kappa shape index (κ1) is 21.1. The summed E-state index contributed by atoms with van der Waals surface area (Å²) in [5.74, 6) is -0.774. The lowest BCUT2D eigenvalue weighted by Crippen LogP contribution is -2.41. The number of benzene rings is 2. The van der Waals surface area contributed by atoms with Gasteiger partial charge in [-0.2, -0.15) is 0 Å². The highest BCUT2D eigenvalue weighted by atomic mass is 32.2. The van der Waals surface area contributed by atoms with E-state index in [-0.39, 0.29) is 19.0 Å². The molecule has 0 aliphatic heterocycles. The number of fused-ring (bicyclic) bond motifs is 1. The molecule has 158 valence electrons. The molecule has 6 nitrogen and oxygen atoms in total.